The number of hydrogen-bond donors (Lipinski definition) is 2. The number of unbranched alkanes of at least 4 members (excludes halogenated alkanes) is 1. The third-order valence-electron chi connectivity index (χ3n) is 8.04. The number of ether oxygens (including phenoxy) is 4. The molecule has 0 saturated carbocycles. The summed E-state index contributed by atoms with van der Waals surface area (Å²) in [7, 11) is 0. The van der Waals surface area contributed by atoms with Gasteiger partial charge in [0.2, 0.25) is 5.91 Å². The van der Waals surface area contributed by atoms with Crippen LogP contribution in [-0.2, 0) is 25.6 Å². The number of rotatable bonds is 18. The Morgan fingerprint density at radius 2 is 1.73 bits per heavy atom. The molecule has 0 aliphatic heterocycles. The van der Waals surface area contributed by atoms with Crippen LogP contribution in [0.5, 0.6) is 5.75 Å². The van der Waals surface area contributed by atoms with Gasteiger partial charge in [0, 0.05) is 13.0 Å². The predicted molar refractivity (Wildman–Crippen MR) is 193 cm³/mol. The zero-order valence-electron chi connectivity index (χ0n) is 30.3. The van der Waals surface area contributed by atoms with Crippen LogP contribution in [-0.4, -0.2) is 73.0 Å². The Hall–Kier alpha value is -4.15. The van der Waals surface area contributed by atoms with Crippen LogP contribution in [0.4, 0.5) is 10.5 Å². The second-order valence-electron chi connectivity index (χ2n) is 13.4. The number of esters is 1. The Morgan fingerprint density at radius 1 is 1.00 bits per heavy atom. The van der Waals surface area contributed by atoms with Crippen molar-refractivity contribution in [2.24, 2.45) is 0 Å². The quantitative estimate of drug-likeness (QED) is 0.124. The van der Waals surface area contributed by atoms with Crippen molar-refractivity contribution < 1.29 is 33.3 Å². The zero-order chi connectivity index (χ0) is 35.9. The van der Waals surface area contributed by atoms with Gasteiger partial charge in [0.1, 0.15) is 24.0 Å². The second kappa shape index (κ2) is 19.1. The van der Waals surface area contributed by atoms with E-state index in [-0.39, 0.29) is 13.0 Å². The minimum atomic E-state index is -0.964. The van der Waals surface area contributed by atoms with Crippen LogP contribution in [0, 0.1) is 0 Å². The van der Waals surface area contributed by atoms with Crippen molar-refractivity contribution >= 4 is 23.7 Å². The molecule has 49 heavy (non-hydrogen) atoms. The summed E-state index contributed by atoms with van der Waals surface area (Å²) in [5, 5.41) is 5.67. The Labute approximate surface area is 292 Å². The SMILES string of the molecule is CCCCOc1cc(C(=O)OCCN(CC)CC)ccc1NC(=O)[C@@H](CC1=CCC(C)(OCc2ccccc2)C=C1)NC(=O)OC(C)(C)C. The van der Waals surface area contributed by atoms with E-state index in [1.54, 1.807) is 39.0 Å². The third-order valence-corrected chi connectivity index (χ3v) is 8.04. The Morgan fingerprint density at radius 3 is 2.37 bits per heavy atom. The molecular weight excluding hydrogens is 622 g/mol. The minimum absolute atomic E-state index is 0.222. The number of allylic oxidation sites excluding steroid dienone is 1. The molecule has 0 spiro atoms. The average molecular weight is 678 g/mol. The van der Waals surface area contributed by atoms with Gasteiger partial charge < -0.3 is 34.5 Å². The number of benzene rings is 2. The van der Waals surface area contributed by atoms with Gasteiger partial charge in [-0.25, -0.2) is 9.59 Å². The summed E-state index contributed by atoms with van der Waals surface area (Å²) in [6.45, 7) is 17.0. The molecule has 2 aromatic carbocycles. The predicted octanol–water partition coefficient (Wildman–Crippen LogP) is 7.45. The van der Waals surface area contributed by atoms with Crippen molar-refractivity contribution in [3.8, 4) is 5.75 Å². The normalized spacial score (nSPS) is 16.4. The van der Waals surface area contributed by atoms with Crippen molar-refractivity contribution in [3.63, 3.8) is 0 Å². The molecule has 0 aromatic heterocycles. The number of nitrogens with zero attached hydrogens (tertiary/aromatic N) is 1. The first-order chi connectivity index (χ1) is 23.3. The number of likely N-dealkylation sites (N-methyl/N-ethyl adjacent to an activating group) is 1. The van der Waals surface area contributed by atoms with Crippen LogP contribution in [0.15, 0.2) is 72.3 Å². The van der Waals surface area contributed by atoms with Crippen molar-refractivity contribution in [2.75, 3.05) is 38.2 Å². The maximum absolute atomic E-state index is 13.8. The maximum Gasteiger partial charge on any atom is 0.408 e. The number of hydrogen-bond acceptors (Lipinski definition) is 8. The molecule has 2 atom stereocenters. The summed E-state index contributed by atoms with van der Waals surface area (Å²) >= 11 is 0. The Balaban J connectivity index is 1.76. The number of alkyl carbamates (subject to hydrolysis) is 1. The van der Waals surface area contributed by atoms with E-state index in [4.69, 9.17) is 18.9 Å². The zero-order valence-corrected chi connectivity index (χ0v) is 30.3. The Bertz CT molecular complexity index is 1430. The van der Waals surface area contributed by atoms with E-state index in [1.807, 2.05) is 55.5 Å². The highest BCUT2D eigenvalue weighted by molar-refractivity contribution is 5.99. The summed E-state index contributed by atoms with van der Waals surface area (Å²) in [6, 6.07) is 13.8. The highest BCUT2D eigenvalue weighted by atomic mass is 16.6. The van der Waals surface area contributed by atoms with E-state index in [2.05, 4.69) is 36.3 Å². The average Bonchev–Trinajstić information content (AvgIpc) is 3.07. The van der Waals surface area contributed by atoms with Crippen molar-refractivity contribution in [3.05, 3.63) is 83.5 Å². The second-order valence-corrected chi connectivity index (χ2v) is 13.4. The molecule has 2 N–H and O–H groups in total. The molecule has 1 unspecified atom stereocenters. The van der Waals surface area contributed by atoms with Gasteiger partial charge in [-0.05, 0) is 83.0 Å². The van der Waals surface area contributed by atoms with Crippen molar-refractivity contribution in [2.45, 2.75) is 98.0 Å². The number of carbonyl (C=O) groups is 3. The number of amides is 2. The van der Waals surface area contributed by atoms with Crippen LogP contribution in [0.25, 0.3) is 0 Å². The smallest absolute Gasteiger partial charge is 0.408 e. The first-order valence-electron chi connectivity index (χ1n) is 17.4. The number of anilines is 1. The highest BCUT2D eigenvalue weighted by Crippen LogP contribution is 2.30. The monoisotopic (exact) mass is 677 g/mol. The molecule has 10 nitrogen and oxygen atoms in total. The molecule has 0 fully saturated rings. The summed E-state index contributed by atoms with van der Waals surface area (Å²) in [5.41, 5.74) is 1.41. The van der Waals surface area contributed by atoms with Crippen LogP contribution < -0.4 is 15.4 Å². The molecule has 10 heteroatoms. The van der Waals surface area contributed by atoms with Crippen molar-refractivity contribution in [1.82, 2.24) is 10.2 Å². The first kappa shape index (κ1) is 39.3. The molecule has 3 rings (SSSR count). The molecule has 1 aliphatic rings. The lowest BCUT2D eigenvalue weighted by Crippen LogP contribution is -2.46. The van der Waals surface area contributed by atoms with E-state index in [9.17, 15) is 14.4 Å². The van der Waals surface area contributed by atoms with Crippen LogP contribution >= 0.6 is 0 Å². The summed E-state index contributed by atoms with van der Waals surface area (Å²) < 4.78 is 23.3. The summed E-state index contributed by atoms with van der Waals surface area (Å²) in [5.74, 6) is -0.576. The van der Waals surface area contributed by atoms with Gasteiger partial charge in [0.05, 0.1) is 30.1 Å². The Kier molecular flexibility index (Phi) is 15.4. The van der Waals surface area contributed by atoms with Crippen molar-refractivity contribution in [1.29, 1.82) is 0 Å². The van der Waals surface area contributed by atoms with Crippen LogP contribution in [0.2, 0.25) is 0 Å². The van der Waals surface area contributed by atoms with Crippen LogP contribution in [0.1, 0.15) is 90.1 Å². The van der Waals surface area contributed by atoms with E-state index >= 15 is 0 Å². The lowest BCUT2D eigenvalue weighted by molar-refractivity contribution is -0.118. The molecule has 0 heterocycles. The standard InChI is InChI=1S/C39H55N3O7/c1-8-11-24-46-34-27-31(36(44)47-25-23-42(9-2)10-3)17-18-32(34)40-35(43)33(41-37(45)49-38(4,5)6)26-29-19-21-39(7,22-20-29)48-28-30-15-13-12-14-16-30/h12-21,27,33H,8-11,22-26,28H2,1-7H3,(H,40,43)(H,41,45)/t33-,39?/m1/s1. The van der Waals surface area contributed by atoms with E-state index in [0.717, 1.165) is 37.1 Å². The van der Waals surface area contributed by atoms with Gasteiger partial charge in [0.25, 0.3) is 0 Å². The summed E-state index contributed by atoms with van der Waals surface area (Å²) in [4.78, 5) is 41.7. The van der Waals surface area contributed by atoms with Gasteiger partial charge in [-0.3, -0.25) is 4.79 Å². The summed E-state index contributed by atoms with van der Waals surface area (Å²) in [6.07, 6.45) is 7.79. The minimum Gasteiger partial charge on any atom is -0.491 e. The molecule has 268 valence electrons. The molecule has 2 aromatic rings. The lowest BCUT2D eigenvalue weighted by atomic mass is 9.91. The maximum atomic E-state index is 13.8. The van der Waals surface area contributed by atoms with E-state index in [0.29, 0.717) is 43.2 Å². The van der Waals surface area contributed by atoms with Crippen LogP contribution in [0.3, 0.4) is 0 Å². The third kappa shape index (κ3) is 13.7. The van der Waals surface area contributed by atoms with Gasteiger partial charge in [-0.15, -0.1) is 0 Å². The largest absolute Gasteiger partial charge is 0.491 e. The fourth-order valence-corrected chi connectivity index (χ4v) is 5.04. The molecule has 0 radical (unpaired) electrons. The number of carbonyl (C=O) groups excluding carboxylic acids is 3. The highest BCUT2D eigenvalue weighted by Gasteiger charge is 2.29. The van der Waals surface area contributed by atoms with Gasteiger partial charge in [-0.1, -0.05) is 75.8 Å². The fraction of sp³-hybridized carbons (Fsp3) is 0.513. The topological polar surface area (TPSA) is 115 Å². The molecule has 1 aliphatic carbocycles. The lowest BCUT2D eigenvalue weighted by Gasteiger charge is -2.29. The number of nitrogens with one attached hydrogen (secondary N) is 2. The van der Waals surface area contributed by atoms with Gasteiger partial charge in [0.15, 0.2) is 0 Å². The van der Waals surface area contributed by atoms with E-state index in [1.165, 1.54) is 0 Å². The molecule has 0 saturated heterocycles. The molecule has 2 amide bonds. The molecular formula is C39H55N3O7. The van der Waals surface area contributed by atoms with Gasteiger partial charge >= 0.3 is 12.1 Å². The van der Waals surface area contributed by atoms with E-state index < -0.39 is 35.2 Å². The fourth-order valence-electron chi connectivity index (χ4n) is 5.04. The van der Waals surface area contributed by atoms with Gasteiger partial charge in [-0.2, -0.15) is 0 Å². The first-order valence-corrected chi connectivity index (χ1v) is 17.4. The molecule has 0 bridgehead atoms.